The number of ether oxygens (including phenoxy) is 1. The minimum absolute atomic E-state index is 0.194. The van der Waals surface area contributed by atoms with Crippen molar-refractivity contribution in [2.24, 2.45) is 0 Å². The van der Waals surface area contributed by atoms with E-state index in [1.807, 2.05) is 12.1 Å². The quantitative estimate of drug-likeness (QED) is 0.530. The van der Waals surface area contributed by atoms with Gasteiger partial charge in [-0.15, -0.1) is 11.3 Å². The van der Waals surface area contributed by atoms with Crippen molar-refractivity contribution in [3.05, 3.63) is 21.9 Å². The van der Waals surface area contributed by atoms with Gasteiger partial charge in [0.15, 0.2) is 0 Å². The topological polar surface area (TPSA) is 58.6 Å². The molecule has 0 saturated heterocycles. The first-order chi connectivity index (χ1) is 8.76. The molecule has 0 unspecified atom stereocenters. The molecule has 0 saturated carbocycles. The number of aliphatic hydroxyl groups excluding tert-OH is 1. The summed E-state index contributed by atoms with van der Waals surface area (Å²) in [6, 6.07) is 4.02. The lowest BCUT2D eigenvalue weighted by atomic mass is 10.2. The van der Waals surface area contributed by atoms with E-state index in [2.05, 4.69) is 10.1 Å². The highest BCUT2D eigenvalue weighted by molar-refractivity contribution is 7.12. The second kappa shape index (κ2) is 9.08. The zero-order valence-corrected chi connectivity index (χ0v) is 11.6. The second-order valence-corrected chi connectivity index (χ2v) is 5.33. The first kappa shape index (κ1) is 15.1. The Hall–Kier alpha value is -0.910. The maximum atomic E-state index is 11.1. The number of hydrogen-bond acceptors (Lipinski definition) is 5. The molecule has 0 bridgehead atoms. The van der Waals surface area contributed by atoms with Crippen molar-refractivity contribution in [3.63, 3.8) is 0 Å². The standard InChI is InChI=1S/C13H21NO3S/c1-17-13(16)9-11-5-6-12(18-11)10-14-7-3-2-4-8-15/h5-6,14-15H,2-4,7-10H2,1H3. The van der Waals surface area contributed by atoms with Crippen LogP contribution in [0.5, 0.6) is 0 Å². The third-order valence-electron chi connectivity index (χ3n) is 2.57. The fourth-order valence-electron chi connectivity index (χ4n) is 1.58. The van der Waals surface area contributed by atoms with Gasteiger partial charge in [0, 0.05) is 22.9 Å². The number of carbonyl (C=O) groups excluding carboxylic acids is 1. The lowest BCUT2D eigenvalue weighted by Gasteiger charge is -2.02. The van der Waals surface area contributed by atoms with Gasteiger partial charge in [-0.3, -0.25) is 4.79 Å². The Morgan fingerprint density at radius 3 is 2.83 bits per heavy atom. The third-order valence-corrected chi connectivity index (χ3v) is 3.66. The number of rotatable bonds is 9. The number of hydrogen-bond donors (Lipinski definition) is 2. The highest BCUT2D eigenvalue weighted by Crippen LogP contribution is 2.17. The molecule has 2 N–H and O–H groups in total. The lowest BCUT2D eigenvalue weighted by molar-refractivity contribution is -0.139. The van der Waals surface area contributed by atoms with Gasteiger partial charge in [-0.1, -0.05) is 0 Å². The predicted molar refractivity (Wildman–Crippen MR) is 72.7 cm³/mol. The summed E-state index contributed by atoms with van der Waals surface area (Å²) in [5.74, 6) is -0.194. The lowest BCUT2D eigenvalue weighted by Crippen LogP contribution is -2.13. The number of nitrogens with one attached hydrogen (secondary N) is 1. The normalized spacial score (nSPS) is 10.6. The van der Waals surface area contributed by atoms with E-state index in [1.165, 1.54) is 12.0 Å². The molecule has 4 nitrogen and oxygen atoms in total. The minimum atomic E-state index is -0.194. The highest BCUT2D eigenvalue weighted by Gasteiger charge is 2.05. The second-order valence-electron chi connectivity index (χ2n) is 4.08. The summed E-state index contributed by atoms with van der Waals surface area (Å²) < 4.78 is 4.63. The fourth-order valence-corrected chi connectivity index (χ4v) is 2.55. The zero-order chi connectivity index (χ0) is 13.2. The summed E-state index contributed by atoms with van der Waals surface area (Å²) in [5.41, 5.74) is 0. The van der Waals surface area contributed by atoms with Gasteiger partial charge >= 0.3 is 5.97 Å². The number of methoxy groups -OCH3 is 1. The molecule has 0 aromatic carbocycles. The largest absolute Gasteiger partial charge is 0.469 e. The summed E-state index contributed by atoms with van der Waals surface area (Å²) in [6.45, 7) is 2.08. The summed E-state index contributed by atoms with van der Waals surface area (Å²) in [7, 11) is 1.41. The van der Waals surface area contributed by atoms with E-state index in [9.17, 15) is 4.79 Å². The molecule has 1 aromatic rings. The van der Waals surface area contributed by atoms with E-state index in [0.717, 1.165) is 37.2 Å². The summed E-state index contributed by atoms with van der Waals surface area (Å²) in [6.07, 6.45) is 3.38. The number of aliphatic hydroxyl groups is 1. The van der Waals surface area contributed by atoms with E-state index >= 15 is 0 Å². The average Bonchev–Trinajstić information content (AvgIpc) is 2.81. The molecule has 0 aliphatic rings. The monoisotopic (exact) mass is 271 g/mol. The van der Waals surface area contributed by atoms with Gasteiger partial charge in [0.05, 0.1) is 13.5 Å². The van der Waals surface area contributed by atoms with Crippen molar-refractivity contribution in [2.45, 2.75) is 32.2 Å². The van der Waals surface area contributed by atoms with Crippen LogP contribution in [0.4, 0.5) is 0 Å². The van der Waals surface area contributed by atoms with Crippen molar-refractivity contribution in [1.82, 2.24) is 5.32 Å². The molecule has 1 aromatic heterocycles. The fraction of sp³-hybridized carbons (Fsp3) is 0.615. The number of unbranched alkanes of at least 4 members (excludes halogenated alkanes) is 2. The van der Waals surface area contributed by atoms with E-state index in [4.69, 9.17) is 5.11 Å². The van der Waals surface area contributed by atoms with Crippen molar-refractivity contribution in [2.75, 3.05) is 20.3 Å². The Balaban J connectivity index is 2.17. The third kappa shape index (κ3) is 6.14. The van der Waals surface area contributed by atoms with Crippen LogP contribution in [0.2, 0.25) is 0 Å². The summed E-state index contributed by atoms with van der Waals surface area (Å²) >= 11 is 1.64. The first-order valence-corrected chi connectivity index (χ1v) is 7.04. The minimum Gasteiger partial charge on any atom is -0.469 e. The molecule has 0 atom stereocenters. The molecule has 5 heteroatoms. The molecule has 1 rings (SSSR count). The van der Waals surface area contributed by atoms with Crippen LogP contribution in [0.1, 0.15) is 29.0 Å². The van der Waals surface area contributed by atoms with Crippen molar-refractivity contribution in [1.29, 1.82) is 0 Å². The maximum absolute atomic E-state index is 11.1. The summed E-state index contributed by atoms with van der Waals surface area (Å²) in [5, 5.41) is 12.0. The van der Waals surface area contributed by atoms with Crippen LogP contribution < -0.4 is 5.32 Å². The van der Waals surface area contributed by atoms with Crippen molar-refractivity contribution in [3.8, 4) is 0 Å². The Morgan fingerprint density at radius 1 is 1.33 bits per heavy atom. The van der Waals surface area contributed by atoms with Crippen molar-refractivity contribution < 1.29 is 14.6 Å². The molecule has 0 radical (unpaired) electrons. The van der Waals surface area contributed by atoms with Gasteiger partial charge in [-0.2, -0.15) is 0 Å². The smallest absolute Gasteiger partial charge is 0.310 e. The molecular weight excluding hydrogens is 250 g/mol. The molecular formula is C13H21NO3S. The first-order valence-electron chi connectivity index (χ1n) is 6.22. The van der Waals surface area contributed by atoms with E-state index in [-0.39, 0.29) is 12.6 Å². The Morgan fingerprint density at radius 2 is 2.11 bits per heavy atom. The molecule has 0 spiro atoms. The van der Waals surface area contributed by atoms with Crippen LogP contribution in [0, 0.1) is 0 Å². The molecule has 0 amide bonds. The van der Waals surface area contributed by atoms with Gasteiger partial charge in [0.25, 0.3) is 0 Å². The van der Waals surface area contributed by atoms with Crippen LogP contribution in [-0.2, 0) is 22.5 Å². The summed E-state index contributed by atoms with van der Waals surface area (Å²) in [4.78, 5) is 13.4. The SMILES string of the molecule is COC(=O)Cc1ccc(CNCCCCCO)s1. The van der Waals surface area contributed by atoms with Crippen LogP contribution in [0.15, 0.2) is 12.1 Å². The highest BCUT2D eigenvalue weighted by atomic mass is 32.1. The van der Waals surface area contributed by atoms with Crippen LogP contribution in [-0.4, -0.2) is 31.3 Å². The van der Waals surface area contributed by atoms with Gasteiger partial charge < -0.3 is 15.2 Å². The van der Waals surface area contributed by atoms with E-state index in [1.54, 1.807) is 11.3 Å². The van der Waals surface area contributed by atoms with Crippen molar-refractivity contribution >= 4 is 17.3 Å². The zero-order valence-electron chi connectivity index (χ0n) is 10.8. The molecule has 0 aliphatic carbocycles. The number of carbonyl (C=O) groups is 1. The molecule has 0 fully saturated rings. The molecule has 0 aliphatic heterocycles. The predicted octanol–water partition coefficient (Wildman–Crippen LogP) is 1.72. The number of esters is 1. The van der Waals surface area contributed by atoms with Crippen LogP contribution in [0.3, 0.4) is 0 Å². The number of thiophene rings is 1. The molecule has 18 heavy (non-hydrogen) atoms. The Bertz CT molecular complexity index is 352. The van der Waals surface area contributed by atoms with Gasteiger partial charge in [0.2, 0.25) is 0 Å². The van der Waals surface area contributed by atoms with Gasteiger partial charge in [0.1, 0.15) is 0 Å². The average molecular weight is 271 g/mol. The van der Waals surface area contributed by atoms with Crippen LogP contribution in [0.25, 0.3) is 0 Å². The molecule has 1 heterocycles. The maximum Gasteiger partial charge on any atom is 0.310 e. The molecule has 102 valence electrons. The van der Waals surface area contributed by atoms with Crippen LogP contribution >= 0.6 is 11.3 Å². The Labute approximate surface area is 112 Å². The van der Waals surface area contributed by atoms with E-state index in [0.29, 0.717) is 6.42 Å². The van der Waals surface area contributed by atoms with Gasteiger partial charge in [-0.05, 0) is 37.9 Å². The Kier molecular flexibility index (Phi) is 7.64. The van der Waals surface area contributed by atoms with Gasteiger partial charge in [-0.25, -0.2) is 0 Å². The van der Waals surface area contributed by atoms with E-state index < -0.39 is 0 Å².